The highest BCUT2D eigenvalue weighted by Crippen LogP contribution is 2.27. The average Bonchev–Trinajstić information content (AvgIpc) is 2.42. The van der Waals surface area contributed by atoms with Crippen LogP contribution in [0.4, 0.5) is 5.69 Å². The monoisotopic (exact) mass is 319 g/mol. The van der Waals surface area contributed by atoms with Crippen LogP contribution in [-0.2, 0) is 12.8 Å². The molecule has 19 heavy (non-hydrogen) atoms. The number of aliphatic hydroxyl groups is 1. The minimum atomic E-state index is -0.579. The van der Waals surface area contributed by atoms with Crippen molar-refractivity contribution in [2.24, 2.45) is 0 Å². The molecule has 0 aliphatic rings. The summed E-state index contributed by atoms with van der Waals surface area (Å²) in [5.74, 6) is 0. The van der Waals surface area contributed by atoms with Crippen LogP contribution in [0.1, 0.15) is 29.7 Å². The van der Waals surface area contributed by atoms with Crippen LogP contribution in [0.5, 0.6) is 0 Å². The predicted molar refractivity (Wildman–Crippen MR) is 83.0 cm³/mol. The van der Waals surface area contributed by atoms with Crippen LogP contribution in [0.2, 0.25) is 0 Å². The lowest BCUT2D eigenvalue weighted by Gasteiger charge is -2.14. The molecule has 3 heteroatoms. The molecule has 1 atom stereocenters. The van der Waals surface area contributed by atoms with Crippen LogP contribution >= 0.6 is 15.9 Å². The van der Waals surface area contributed by atoms with E-state index in [1.54, 1.807) is 0 Å². The topological polar surface area (TPSA) is 46.2 Å². The Labute approximate surface area is 122 Å². The highest BCUT2D eigenvalue weighted by Gasteiger charge is 2.12. The SMILES string of the molecule is CCc1ccc(CC(O)c2cc(Br)ccc2N)cc1. The van der Waals surface area contributed by atoms with Crippen molar-refractivity contribution < 1.29 is 5.11 Å². The highest BCUT2D eigenvalue weighted by atomic mass is 79.9. The Kier molecular flexibility index (Phi) is 4.61. The van der Waals surface area contributed by atoms with Gasteiger partial charge in [-0.3, -0.25) is 0 Å². The van der Waals surface area contributed by atoms with Crippen molar-refractivity contribution in [2.45, 2.75) is 25.9 Å². The summed E-state index contributed by atoms with van der Waals surface area (Å²) >= 11 is 3.40. The second-order valence-electron chi connectivity index (χ2n) is 4.66. The molecule has 0 spiro atoms. The number of aryl methyl sites for hydroxylation is 1. The van der Waals surface area contributed by atoms with Gasteiger partial charge in [0.25, 0.3) is 0 Å². The molecule has 100 valence electrons. The maximum absolute atomic E-state index is 10.3. The van der Waals surface area contributed by atoms with E-state index >= 15 is 0 Å². The highest BCUT2D eigenvalue weighted by molar-refractivity contribution is 9.10. The first-order valence-corrected chi connectivity index (χ1v) is 7.20. The van der Waals surface area contributed by atoms with Gasteiger partial charge in [0.15, 0.2) is 0 Å². The summed E-state index contributed by atoms with van der Waals surface area (Å²) in [5, 5.41) is 10.3. The van der Waals surface area contributed by atoms with E-state index in [1.165, 1.54) is 5.56 Å². The molecule has 2 aromatic carbocycles. The molecule has 0 bridgehead atoms. The normalized spacial score (nSPS) is 12.4. The van der Waals surface area contributed by atoms with E-state index < -0.39 is 6.10 Å². The molecule has 0 radical (unpaired) electrons. The van der Waals surface area contributed by atoms with Crippen LogP contribution in [-0.4, -0.2) is 5.11 Å². The van der Waals surface area contributed by atoms with E-state index in [0.717, 1.165) is 22.0 Å². The molecule has 2 nitrogen and oxygen atoms in total. The Bertz CT molecular complexity index is 551. The first-order valence-electron chi connectivity index (χ1n) is 6.41. The van der Waals surface area contributed by atoms with E-state index in [-0.39, 0.29) is 0 Å². The Balaban J connectivity index is 2.15. The van der Waals surface area contributed by atoms with Crippen molar-refractivity contribution in [1.29, 1.82) is 0 Å². The Morgan fingerprint density at radius 3 is 2.37 bits per heavy atom. The molecule has 2 rings (SSSR count). The second kappa shape index (κ2) is 6.22. The summed E-state index contributed by atoms with van der Waals surface area (Å²) in [4.78, 5) is 0. The quantitative estimate of drug-likeness (QED) is 0.840. The van der Waals surface area contributed by atoms with E-state index in [4.69, 9.17) is 5.73 Å². The number of aliphatic hydroxyl groups excluding tert-OH is 1. The van der Waals surface area contributed by atoms with Gasteiger partial charge in [0.05, 0.1) is 6.10 Å². The average molecular weight is 320 g/mol. The Morgan fingerprint density at radius 2 is 1.74 bits per heavy atom. The largest absolute Gasteiger partial charge is 0.398 e. The molecule has 1 unspecified atom stereocenters. The summed E-state index contributed by atoms with van der Waals surface area (Å²) in [7, 11) is 0. The summed E-state index contributed by atoms with van der Waals surface area (Å²) in [6, 6.07) is 13.9. The van der Waals surface area contributed by atoms with Crippen molar-refractivity contribution in [3.8, 4) is 0 Å². The van der Waals surface area contributed by atoms with Crippen LogP contribution in [0, 0.1) is 0 Å². The number of benzene rings is 2. The van der Waals surface area contributed by atoms with Crippen molar-refractivity contribution in [3.05, 3.63) is 63.6 Å². The molecule has 0 saturated carbocycles. The minimum Gasteiger partial charge on any atom is -0.398 e. The van der Waals surface area contributed by atoms with Crippen molar-refractivity contribution in [2.75, 3.05) is 5.73 Å². The first kappa shape index (κ1) is 14.1. The lowest BCUT2D eigenvalue weighted by atomic mass is 9.99. The third-order valence-corrected chi connectivity index (χ3v) is 3.76. The van der Waals surface area contributed by atoms with E-state index in [1.807, 2.05) is 18.2 Å². The molecule has 0 fully saturated rings. The van der Waals surface area contributed by atoms with Crippen molar-refractivity contribution in [1.82, 2.24) is 0 Å². The summed E-state index contributed by atoms with van der Waals surface area (Å²) in [6.07, 6.45) is 1.02. The number of hydrogen-bond acceptors (Lipinski definition) is 2. The smallest absolute Gasteiger partial charge is 0.0850 e. The van der Waals surface area contributed by atoms with E-state index in [9.17, 15) is 5.11 Å². The fraction of sp³-hybridized carbons (Fsp3) is 0.250. The summed E-state index contributed by atoms with van der Waals surface area (Å²) < 4.78 is 0.928. The number of rotatable bonds is 4. The van der Waals surface area contributed by atoms with Gasteiger partial charge < -0.3 is 10.8 Å². The molecular weight excluding hydrogens is 302 g/mol. The van der Waals surface area contributed by atoms with Gasteiger partial charge in [-0.15, -0.1) is 0 Å². The molecule has 3 N–H and O–H groups in total. The van der Waals surface area contributed by atoms with Gasteiger partial charge >= 0.3 is 0 Å². The number of nitrogens with two attached hydrogens (primary N) is 1. The molecule has 0 aliphatic carbocycles. The van der Waals surface area contributed by atoms with Crippen molar-refractivity contribution >= 4 is 21.6 Å². The molecule has 0 saturated heterocycles. The maximum atomic E-state index is 10.3. The van der Waals surface area contributed by atoms with Gasteiger partial charge in [-0.1, -0.05) is 47.1 Å². The maximum Gasteiger partial charge on any atom is 0.0850 e. The fourth-order valence-corrected chi connectivity index (χ4v) is 2.46. The third-order valence-electron chi connectivity index (χ3n) is 3.27. The number of hydrogen-bond donors (Lipinski definition) is 2. The van der Waals surface area contributed by atoms with Gasteiger partial charge in [0, 0.05) is 22.1 Å². The van der Waals surface area contributed by atoms with E-state index in [0.29, 0.717) is 12.1 Å². The predicted octanol–water partition coefficient (Wildman–Crippen LogP) is 3.87. The van der Waals surface area contributed by atoms with Gasteiger partial charge in [-0.25, -0.2) is 0 Å². The molecule has 0 amide bonds. The number of anilines is 1. The third kappa shape index (κ3) is 3.58. The van der Waals surface area contributed by atoms with Crippen LogP contribution < -0.4 is 5.73 Å². The molecular formula is C16H18BrNO. The van der Waals surface area contributed by atoms with Gasteiger partial charge in [-0.2, -0.15) is 0 Å². The van der Waals surface area contributed by atoms with Crippen molar-refractivity contribution in [3.63, 3.8) is 0 Å². The summed E-state index contributed by atoms with van der Waals surface area (Å²) in [6.45, 7) is 2.13. The Morgan fingerprint density at radius 1 is 1.11 bits per heavy atom. The molecule has 0 aromatic heterocycles. The van der Waals surface area contributed by atoms with Gasteiger partial charge in [-0.05, 0) is 35.7 Å². The Hall–Kier alpha value is -1.32. The van der Waals surface area contributed by atoms with Crippen LogP contribution in [0.25, 0.3) is 0 Å². The van der Waals surface area contributed by atoms with Gasteiger partial charge in [0.1, 0.15) is 0 Å². The number of nitrogen functional groups attached to an aromatic ring is 1. The fourth-order valence-electron chi connectivity index (χ4n) is 2.08. The zero-order valence-corrected chi connectivity index (χ0v) is 12.5. The van der Waals surface area contributed by atoms with Crippen LogP contribution in [0.15, 0.2) is 46.9 Å². The summed E-state index contributed by atoms with van der Waals surface area (Å²) in [5.41, 5.74) is 9.73. The lowest BCUT2D eigenvalue weighted by Crippen LogP contribution is -2.05. The molecule has 2 aromatic rings. The first-order chi connectivity index (χ1) is 9.10. The lowest BCUT2D eigenvalue weighted by molar-refractivity contribution is 0.179. The van der Waals surface area contributed by atoms with Crippen LogP contribution in [0.3, 0.4) is 0 Å². The standard InChI is InChI=1S/C16H18BrNO/c1-2-11-3-5-12(6-4-11)9-16(19)14-10-13(17)7-8-15(14)18/h3-8,10,16,19H,2,9,18H2,1H3. The number of halogens is 1. The molecule has 0 aliphatic heterocycles. The second-order valence-corrected chi connectivity index (χ2v) is 5.58. The minimum absolute atomic E-state index is 0.574. The van der Waals surface area contributed by atoms with E-state index in [2.05, 4.69) is 47.1 Å². The zero-order valence-electron chi connectivity index (χ0n) is 10.9. The molecule has 0 heterocycles. The van der Waals surface area contributed by atoms with Gasteiger partial charge in [0.2, 0.25) is 0 Å². The zero-order chi connectivity index (χ0) is 13.8.